The predicted octanol–water partition coefficient (Wildman–Crippen LogP) is 3.50. The summed E-state index contributed by atoms with van der Waals surface area (Å²) in [5.74, 6) is 0.165. The van der Waals surface area contributed by atoms with Crippen LogP contribution in [-0.4, -0.2) is 35.3 Å². The molecule has 1 aliphatic heterocycles. The normalized spacial score (nSPS) is 23.3. The summed E-state index contributed by atoms with van der Waals surface area (Å²) in [7, 11) is 0. The summed E-state index contributed by atoms with van der Waals surface area (Å²) in [6.07, 6.45) is 12.5. The van der Waals surface area contributed by atoms with Gasteiger partial charge in [-0.2, -0.15) is 0 Å². The first-order valence-corrected chi connectivity index (χ1v) is 9.40. The van der Waals surface area contributed by atoms with Crippen LogP contribution in [0.4, 0.5) is 0 Å². The third-order valence-electron chi connectivity index (χ3n) is 5.25. The fourth-order valence-electron chi connectivity index (χ4n) is 3.89. The largest absolute Gasteiger partial charge is 0.459 e. The fraction of sp³-hybridized carbons (Fsp3) is 0.684. The first kappa shape index (κ1) is 17.1. The Labute approximate surface area is 143 Å². The number of nitrogens with one attached hydrogen (secondary N) is 1. The van der Waals surface area contributed by atoms with Crippen molar-refractivity contribution in [3.8, 4) is 0 Å². The van der Waals surface area contributed by atoms with Gasteiger partial charge in [-0.15, -0.1) is 0 Å². The molecule has 2 fully saturated rings. The first-order chi connectivity index (χ1) is 11.8. The van der Waals surface area contributed by atoms with Crippen molar-refractivity contribution >= 4 is 11.8 Å². The molecule has 1 atom stereocenters. The molecule has 1 aliphatic carbocycles. The zero-order chi connectivity index (χ0) is 16.8. The zero-order valence-corrected chi connectivity index (χ0v) is 14.3. The first-order valence-electron chi connectivity index (χ1n) is 9.40. The quantitative estimate of drug-likeness (QED) is 0.921. The number of likely N-dealkylation sites (tertiary alicyclic amines) is 1. The van der Waals surface area contributed by atoms with Crippen LogP contribution in [0, 0.1) is 0 Å². The second-order valence-corrected chi connectivity index (χ2v) is 7.04. The van der Waals surface area contributed by atoms with E-state index in [0.29, 0.717) is 12.3 Å². The molecule has 132 valence electrons. The standard InChI is InChI=1S/C19H28N2O3/c22-18(20-15-9-4-2-1-3-5-10-15)16-11-6-7-13-21(16)19(23)17-12-8-14-24-17/h8,12,14-16H,1-7,9-11,13H2,(H,20,22)/t16-/m1/s1. The van der Waals surface area contributed by atoms with Crippen molar-refractivity contribution in [2.24, 2.45) is 0 Å². The van der Waals surface area contributed by atoms with Gasteiger partial charge in [-0.1, -0.05) is 32.1 Å². The van der Waals surface area contributed by atoms with Gasteiger partial charge in [0.25, 0.3) is 5.91 Å². The summed E-state index contributed by atoms with van der Waals surface area (Å²) in [5.41, 5.74) is 0. The fourth-order valence-corrected chi connectivity index (χ4v) is 3.89. The van der Waals surface area contributed by atoms with E-state index >= 15 is 0 Å². The second kappa shape index (κ2) is 8.36. The summed E-state index contributed by atoms with van der Waals surface area (Å²) in [6.45, 7) is 0.627. The summed E-state index contributed by atoms with van der Waals surface area (Å²) in [6, 6.07) is 3.28. The lowest BCUT2D eigenvalue weighted by atomic mass is 9.95. The van der Waals surface area contributed by atoms with Crippen LogP contribution in [0.25, 0.3) is 0 Å². The number of carbonyl (C=O) groups is 2. The van der Waals surface area contributed by atoms with Crippen molar-refractivity contribution in [1.82, 2.24) is 10.2 Å². The average molecular weight is 332 g/mol. The highest BCUT2D eigenvalue weighted by atomic mass is 16.3. The van der Waals surface area contributed by atoms with Crippen LogP contribution in [0.5, 0.6) is 0 Å². The molecule has 0 unspecified atom stereocenters. The van der Waals surface area contributed by atoms with Gasteiger partial charge in [0.05, 0.1) is 6.26 Å². The monoisotopic (exact) mass is 332 g/mol. The minimum atomic E-state index is -0.359. The Morgan fingerprint density at radius 2 is 1.71 bits per heavy atom. The van der Waals surface area contributed by atoms with E-state index in [9.17, 15) is 9.59 Å². The third-order valence-corrected chi connectivity index (χ3v) is 5.25. The number of rotatable bonds is 3. The van der Waals surface area contributed by atoms with Gasteiger partial charge in [-0.25, -0.2) is 0 Å². The van der Waals surface area contributed by atoms with Crippen molar-refractivity contribution in [2.45, 2.75) is 76.3 Å². The third kappa shape index (κ3) is 4.19. The molecule has 24 heavy (non-hydrogen) atoms. The molecule has 1 aromatic rings. The van der Waals surface area contributed by atoms with E-state index < -0.39 is 0 Å². The van der Waals surface area contributed by atoms with Crippen molar-refractivity contribution in [3.05, 3.63) is 24.2 Å². The minimum absolute atomic E-state index is 0.0141. The van der Waals surface area contributed by atoms with Crippen LogP contribution in [0.2, 0.25) is 0 Å². The van der Waals surface area contributed by atoms with Crippen molar-refractivity contribution < 1.29 is 14.0 Å². The van der Waals surface area contributed by atoms with E-state index in [-0.39, 0.29) is 23.9 Å². The summed E-state index contributed by atoms with van der Waals surface area (Å²) in [4.78, 5) is 27.1. The molecule has 2 aliphatic rings. The minimum Gasteiger partial charge on any atom is -0.459 e. The summed E-state index contributed by atoms with van der Waals surface area (Å²) in [5, 5.41) is 3.22. The highest BCUT2D eigenvalue weighted by Gasteiger charge is 2.34. The molecule has 0 radical (unpaired) electrons. The maximum atomic E-state index is 12.8. The van der Waals surface area contributed by atoms with E-state index in [4.69, 9.17) is 4.42 Å². The van der Waals surface area contributed by atoms with E-state index in [0.717, 1.165) is 32.1 Å². The summed E-state index contributed by atoms with van der Waals surface area (Å²) < 4.78 is 5.23. The van der Waals surface area contributed by atoms with Crippen LogP contribution in [0.3, 0.4) is 0 Å². The van der Waals surface area contributed by atoms with Crippen LogP contribution in [0.1, 0.15) is 74.8 Å². The van der Waals surface area contributed by atoms with Crippen molar-refractivity contribution in [3.63, 3.8) is 0 Å². The zero-order valence-electron chi connectivity index (χ0n) is 14.3. The molecule has 1 N–H and O–H groups in total. The Balaban J connectivity index is 1.63. The lowest BCUT2D eigenvalue weighted by Gasteiger charge is -2.35. The lowest BCUT2D eigenvalue weighted by Crippen LogP contribution is -2.53. The molecular formula is C19H28N2O3. The molecule has 1 saturated heterocycles. The highest BCUT2D eigenvalue weighted by Crippen LogP contribution is 2.22. The smallest absolute Gasteiger partial charge is 0.290 e. The number of hydrogen-bond acceptors (Lipinski definition) is 3. The molecule has 5 nitrogen and oxygen atoms in total. The Morgan fingerprint density at radius 3 is 2.42 bits per heavy atom. The number of amides is 2. The Kier molecular flexibility index (Phi) is 5.94. The van der Waals surface area contributed by atoms with Crippen LogP contribution in [-0.2, 0) is 4.79 Å². The average Bonchev–Trinajstić information content (AvgIpc) is 3.11. The van der Waals surface area contributed by atoms with Gasteiger partial charge in [-0.05, 0) is 44.2 Å². The van der Waals surface area contributed by atoms with Gasteiger partial charge in [0.2, 0.25) is 5.91 Å². The van der Waals surface area contributed by atoms with Gasteiger partial charge in [0.15, 0.2) is 5.76 Å². The molecule has 0 aromatic carbocycles. The van der Waals surface area contributed by atoms with Gasteiger partial charge < -0.3 is 14.6 Å². The molecule has 2 amide bonds. The van der Waals surface area contributed by atoms with E-state index in [1.807, 2.05) is 0 Å². The molecule has 1 aromatic heterocycles. The van der Waals surface area contributed by atoms with Crippen molar-refractivity contribution in [2.75, 3.05) is 6.54 Å². The highest BCUT2D eigenvalue weighted by molar-refractivity contribution is 5.95. The van der Waals surface area contributed by atoms with E-state index in [1.54, 1.807) is 17.0 Å². The number of nitrogens with zero attached hydrogens (tertiary/aromatic N) is 1. The van der Waals surface area contributed by atoms with Gasteiger partial charge in [0.1, 0.15) is 6.04 Å². The van der Waals surface area contributed by atoms with Gasteiger partial charge in [0, 0.05) is 12.6 Å². The number of hydrogen-bond donors (Lipinski definition) is 1. The Morgan fingerprint density at radius 1 is 1.00 bits per heavy atom. The molecule has 2 heterocycles. The van der Waals surface area contributed by atoms with Gasteiger partial charge >= 0.3 is 0 Å². The molecule has 5 heteroatoms. The van der Waals surface area contributed by atoms with Gasteiger partial charge in [-0.3, -0.25) is 9.59 Å². The number of furan rings is 1. The molecular weight excluding hydrogens is 304 g/mol. The molecule has 1 saturated carbocycles. The topological polar surface area (TPSA) is 62.6 Å². The van der Waals surface area contributed by atoms with Crippen LogP contribution in [0.15, 0.2) is 22.8 Å². The summed E-state index contributed by atoms with van der Waals surface area (Å²) >= 11 is 0. The van der Waals surface area contributed by atoms with Crippen LogP contribution < -0.4 is 5.32 Å². The maximum Gasteiger partial charge on any atom is 0.290 e. The van der Waals surface area contributed by atoms with Crippen LogP contribution >= 0.6 is 0 Å². The number of piperidine rings is 1. The van der Waals surface area contributed by atoms with E-state index in [1.165, 1.54) is 38.4 Å². The maximum absolute atomic E-state index is 12.8. The molecule has 3 rings (SSSR count). The Hall–Kier alpha value is -1.78. The van der Waals surface area contributed by atoms with E-state index in [2.05, 4.69) is 5.32 Å². The lowest BCUT2D eigenvalue weighted by molar-refractivity contribution is -0.127. The predicted molar refractivity (Wildman–Crippen MR) is 91.6 cm³/mol. The number of carbonyl (C=O) groups excluding carboxylic acids is 2. The molecule has 0 bridgehead atoms. The Bertz CT molecular complexity index is 533. The molecule has 0 spiro atoms. The second-order valence-electron chi connectivity index (χ2n) is 7.04. The SMILES string of the molecule is O=C(NC1CCCCCCC1)[C@H]1CCCCN1C(=O)c1ccco1. The van der Waals surface area contributed by atoms with Crippen molar-refractivity contribution in [1.29, 1.82) is 0 Å².